The van der Waals surface area contributed by atoms with Crippen molar-refractivity contribution in [2.45, 2.75) is 6.54 Å². The number of nitrogens with one attached hydrogen (secondary N) is 1. The summed E-state index contributed by atoms with van der Waals surface area (Å²) in [6, 6.07) is 10.3. The quantitative estimate of drug-likeness (QED) is 0.140. The Balaban J connectivity index is 2.06. The number of hydrogen-bond acceptors (Lipinski definition) is 6. The van der Waals surface area contributed by atoms with Crippen LogP contribution in [0.2, 0.25) is 0 Å². The molecule has 2 rings (SSSR count). The molecular formula is C17H15N3O5. The fourth-order valence-electron chi connectivity index (χ4n) is 2.00. The van der Waals surface area contributed by atoms with Crippen LogP contribution in [0.5, 0.6) is 11.5 Å². The summed E-state index contributed by atoms with van der Waals surface area (Å²) in [7, 11) is 0. The van der Waals surface area contributed by atoms with E-state index < -0.39 is 10.9 Å². The summed E-state index contributed by atoms with van der Waals surface area (Å²) in [4.78, 5) is 21.9. The van der Waals surface area contributed by atoms with Gasteiger partial charge in [-0.2, -0.15) is 0 Å². The van der Waals surface area contributed by atoms with Crippen LogP contribution in [0.1, 0.15) is 16.7 Å². The highest BCUT2D eigenvalue weighted by Gasteiger charge is 2.07. The van der Waals surface area contributed by atoms with Crippen molar-refractivity contribution in [3.63, 3.8) is 0 Å². The maximum Gasteiger partial charge on any atom is 0.336 e. The van der Waals surface area contributed by atoms with Gasteiger partial charge in [0.25, 0.3) is 0 Å². The number of phenolic OH excluding ortho intramolecular Hbond substituents is 1. The number of nitrogen functional groups attached to an aromatic ring is 1. The number of nitrogens with zero attached hydrogens (tertiary/aromatic N) is 1. The highest BCUT2D eigenvalue weighted by atomic mass is 16.6. The Morgan fingerprint density at radius 1 is 1.28 bits per heavy atom. The minimum Gasteiger partial charge on any atom is -0.507 e. The second-order valence-electron chi connectivity index (χ2n) is 5.08. The monoisotopic (exact) mass is 341 g/mol. The van der Waals surface area contributed by atoms with Crippen molar-refractivity contribution >= 4 is 17.9 Å². The van der Waals surface area contributed by atoms with Gasteiger partial charge in [0, 0.05) is 27.7 Å². The molecule has 0 atom stereocenters. The first-order valence-electron chi connectivity index (χ1n) is 7.13. The van der Waals surface area contributed by atoms with Crippen molar-refractivity contribution in [2.75, 3.05) is 0 Å². The fourth-order valence-corrected chi connectivity index (χ4v) is 2.00. The van der Waals surface area contributed by atoms with Crippen LogP contribution >= 0.6 is 0 Å². The van der Waals surface area contributed by atoms with E-state index in [1.54, 1.807) is 12.1 Å². The predicted molar refractivity (Wildman–Crippen MR) is 90.9 cm³/mol. The Labute approximate surface area is 142 Å². The number of carbonyl (C=O) groups excluding carboxylic acids is 1. The van der Waals surface area contributed by atoms with E-state index in [1.807, 2.05) is 0 Å². The van der Waals surface area contributed by atoms with Gasteiger partial charge in [-0.3, -0.25) is 15.5 Å². The number of rotatable bonds is 6. The highest BCUT2D eigenvalue weighted by Crippen LogP contribution is 2.21. The summed E-state index contributed by atoms with van der Waals surface area (Å²) < 4.78 is 5.08. The molecule has 0 amide bonds. The minimum absolute atomic E-state index is 0.0946. The van der Waals surface area contributed by atoms with Gasteiger partial charge in [-0.25, -0.2) is 4.79 Å². The summed E-state index contributed by atoms with van der Waals surface area (Å²) >= 11 is 0. The second kappa shape index (κ2) is 7.73. The number of phenols is 1. The molecule has 2 aromatic carbocycles. The molecule has 0 aliphatic heterocycles. The van der Waals surface area contributed by atoms with E-state index in [0.29, 0.717) is 11.1 Å². The number of esters is 1. The maximum absolute atomic E-state index is 11.8. The molecule has 128 valence electrons. The van der Waals surface area contributed by atoms with Gasteiger partial charge >= 0.3 is 5.97 Å². The van der Waals surface area contributed by atoms with Gasteiger partial charge in [-0.15, -0.1) is 0 Å². The first kappa shape index (κ1) is 17.7. The van der Waals surface area contributed by atoms with Gasteiger partial charge in [-0.1, -0.05) is 0 Å². The van der Waals surface area contributed by atoms with E-state index in [0.717, 1.165) is 6.08 Å². The SMILES string of the molecule is N=C(N)c1ccc(OC(=O)/C=C/c2cc(C[N+](=O)[O-])ccc2O)cc1. The summed E-state index contributed by atoms with van der Waals surface area (Å²) in [5, 5.41) is 27.6. The lowest BCUT2D eigenvalue weighted by Crippen LogP contribution is -2.11. The molecule has 0 aliphatic carbocycles. The molecule has 0 radical (unpaired) electrons. The molecule has 2 aromatic rings. The Morgan fingerprint density at radius 2 is 1.96 bits per heavy atom. The van der Waals surface area contributed by atoms with Crippen molar-refractivity contribution in [3.05, 3.63) is 75.3 Å². The zero-order valence-corrected chi connectivity index (χ0v) is 13.0. The number of hydrogen-bond donors (Lipinski definition) is 3. The third kappa shape index (κ3) is 5.17. The van der Waals surface area contributed by atoms with Gasteiger partial charge < -0.3 is 15.6 Å². The normalized spacial score (nSPS) is 10.6. The standard InChI is InChI=1S/C17H15N3O5/c18-17(19)12-2-5-14(6-3-12)25-16(22)8-4-13-9-11(10-20(23)24)1-7-15(13)21/h1-9,21H,10H2,(H3,18,19)/b8-4+. The molecule has 0 unspecified atom stereocenters. The Bertz CT molecular complexity index is 844. The average Bonchev–Trinajstić information content (AvgIpc) is 2.55. The van der Waals surface area contributed by atoms with Gasteiger partial charge in [0.2, 0.25) is 6.54 Å². The van der Waals surface area contributed by atoms with Crippen molar-refractivity contribution < 1.29 is 19.6 Å². The molecule has 0 bridgehead atoms. The number of benzene rings is 2. The van der Waals surface area contributed by atoms with Crippen LogP contribution in [0.15, 0.2) is 48.5 Å². The molecule has 0 saturated heterocycles. The lowest BCUT2D eigenvalue weighted by atomic mass is 10.1. The molecule has 25 heavy (non-hydrogen) atoms. The maximum atomic E-state index is 11.8. The molecule has 8 heteroatoms. The molecule has 0 spiro atoms. The van der Waals surface area contributed by atoms with Crippen LogP contribution in [0.4, 0.5) is 0 Å². The van der Waals surface area contributed by atoms with E-state index in [-0.39, 0.29) is 29.4 Å². The smallest absolute Gasteiger partial charge is 0.336 e. The topological polar surface area (TPSA) is 140 Å². The zero-order valence-electron chi connectivity index (χ0n) is 13.0. The minimum atomic E-state index is -0.686. The fraction of sp³-hybridized carbons (Fsp3) is 0.0588. The lowest BCUT2D eigenvalue weighted by Gasteiger charge is -2.04. The Morgan fingerprint density at radius 3 is 2.56 bits per heavy atom. The number of carbonyl (C=O) groups is 1. The molecule has 0 saturated carbocycles. The highest BCUT2D eigenvalue weighted by molar-refractivity contribution is 5.95. The second-order valence-corrected chi connectivity index (χ2v) is 5.08. The first-order chi connectivity index (χ1) is 11.8. The molecule has 4 N–H and O–H groups in total. The van der Waals surface area contributed by atoms with Crippen LogP contribution in [0, 0.1) is 15.5 Å². The molecule has 0 heterocycles. The summed E-state index contributed by atoms with van der Waals surface area (Å²) in [6.45, 7) is -0.381. The van der Waals surface area contributed by atoms with Gasteiger partial charge in [0.05, 0.1) is 0 Å². The summed E-state index contributed by atoms with van der Waals surface area (Å²) in [5.74, 6) is -0.620. The first-order valence-corrected chi connectivity index (χ1v) is 7.13. The van der Waals surface area contributed by atoms with Crippen molar-refractivity contribution in [1.29, 1.82) is 5.41 Å². The summed E-state index contributed by atoms with van der Waals surface area (Å²) in [6.07, 6.45) is 2.41. The van der Waals surface area contributed by atoms with E-state index in [9.17, 15) is 20.0 Å². The van der Waals surface area contributed by atoms with Crippen LogP contribution in [-0.4, -0.2) is 21.8 Å². The van der Waals surface area contributed by atoms with Crippen molar-refractivity contribution in [3.8, 4) is 11.5 Å². The van der Waals surface area contributed by atoms with Crippen LogP contribution in [0.3, 0.4) is 0 Å². The molecular weight excluding hydrogens is 326 g/mol. The predicted octanol–water partition coefficient (Wildman–Crippen LogP) is 2.07. The third-order valence-electron chi connectivity index (χ3n) is 3.19. The van der Waals surface area contributed by atoms with Gasteiger partial charge in [-0.05, 0) is 48.5 Å². The van der Waals surface area contributed by atoms with Crippen LogP contribution in [-0.2, 0) is 11.3 Å². The van der Waals surface area contributed by atoms with Crippen LogP contribution in [0.25, 0.3) is 6.08 Å². The van der Waals surface area contributed by atoms with E-state index in [4.69, 9.17) is 15.9 Å². The molecule has 8 nitrogen and oxygen atoms in total. The number of aromatic hydroxyl groups is 1. The van der Waals surface area contributed by atoms with Crippen LogP contribution < -0.4 is 10.5 Å². The Hall–Kier alpha value is -3.68. The number of amidine groups is 1. The number of nitro groups is 1. The third-order valence-corrected chi connectivity index (χ3v) is 3.19. The molecule has 0 aliphatic rings. The number of nitrogens with two attached hydrogens (primary N) is 1. The molecule has 0 aromatic heterocycles. The number of ether oxygens (including phenoxy) is 1. The van der Waals surface area contributed by atoms with Gasteiger partial charge in [0.15, 0.2) is 0 Å². The summed E-state index contributed by atoms with van der Waals surface area (Å²) in [5.41, 5.74) is 6.50. The van der Waals surface area contributed by atoms with Crippen molar-refractivity contribution in [2.24, 2.45) is 5.73 Å². The lowest BCUT2D eigenvalue weighted by molar-refractivity contribution is -0.496. The largest absolute Gasteiger partial charge is 0.507 e. The van der Waals surface area contributed by atoms with E-state index in [1.165, 1.54) is 36.4 Å². The zero-order chi connectivity index (χ0) is 18.4. The Kier molecular flexibility index (Phi) is 5.47. The average molecular weight is 341 g/mol. The molecule has 0 fully saturated rings. The van der Waals surface area contributed by atoms with E-state index in [2.05, 4.69) is 0 Å². The van der Waals surface area contributed by atoms with Gasteiger partial charge in [0.1, 0.15) is 17.3 Å². The van der Waals surface area contributed by atoms with E-state index >= 15 is 0 Å². The van der Waals surface area contributed by atoms with Crippen molar-refractivity contribution in [1.82, 2.24) is 0 Å².